The van der Waals surface area contributed by atoms with Gasteiger partial charge in [-0.1, -0.05) is 0 Å². The highest BCUT2D eigenvalue weighted by atomic mass is 127. The highest BCUT2D eigenvalue weighted by Crippen LogP contribution is 2.20. The maximum absolute atomic E-state index is 13.9. The summed E-state index contributed by atoms with van der Waals surface area (Å²) in [5.41, 5.74) is 0. The number of nitrogens with one attached hydrogen (secondary N) is 2. The number of guanidine groups is 1. The van der Waals surface area contributed by atoms with Gasteiger partial charge in [0, 0.05) is 38.9 Å². The van der Waals surface area contributed by atoms with Gasteiger partial charge in [0.25, 0.3) is 0 Å². The van der Waals surface area contributed by atoms with Gasteiger partial charge in [0.2, 0.25) is 0 Å². The van der Waals surface area contributed by atoms with E-state index in [9.17, 15) is 4.39 Å². The van der Waals surface area contributed by atoms with Crippen molar-refractivity contribution in [1.82, 2.24) is 20.5 Å². The van der Waals surface area contributed by atoms with Crippen LogP contribution >= 0.6 is 24.0 Å². The Balaban J connectivity index is 0.00000261. The number of aromatic nitrogens is 1. The van der Waals surface area contributed by atoms with Gasteiger partial charge in [0.1, 0.15) is 0 Å². The van der Waals surface area contributed by atoms with Crippen LogP contribution in [0.15, 0.2) is 23.3 Å². The minimum atomic E-state index is -0.256. The van der Waals surface area contributed by atoms with E-state index in [4.69, 9.17) is 0 Å². The molecule has 1 atom stereocenters. The van der Waals surface area contributed by atoms with E-state index in [-0.39, 0.29) is 35.8 Å². The molecule has 0 bridgehead atoms. The van der Waals surface area contributed by atoms with Crippen LogP contribution in [-0.2, 0) is 0 Å². The molecule has 2 aliphatic rings. The second-order valence-corrected chi connectivity index (χ2v) is 7.14. The lowest BCUT2D eigenvalue weighted by atomic mass is 10.2. The van der Waals surface area contributed by atoms with Gasteiger partial charge in [-0.05, 0) is 63.9 Å². The zero-order chi connectivity index (χ0) is 18.2. The number of hydrogen-bond acceptors (Lipinski definition) is 4. The van der Waals surface area contributed by atoms with E-state index in [2.05, 4.69) is 25.5 Å². The van der Waals surface area contributed by atoms with Gasteiger partial charge in [-0.2, -0.15) is 0 Å². The average molecular weight is 490 g/mol. The molecule has 1 unspecified atom stereocenters. The van der Waals surface area contributed by atoms with Crippen molar-refractivity contribution in [2.24, 2.45) is 4.99 Å². The summed E-state index contributed by atoms with van der Waals surface area (Å²) in [5, 5.41) is 6.85. The first-order chi connectivity index (χ1) is 12.8. The van der Waals surface area contributed by atoms with Crippen molar-refractivity contribution < 1.29 is 4.39 Å². The molecule has 2 fully saturated rings. The number of anilines is 1. The van der Waals surface area contributed by atoms with Crippen molar-refractivity contribution in [3.05, 3.63) is 24.1 Å². The van der Waals surface area contributed by atoms with E-state index in [1.165, 1.54) is 45.0 Å². The molecule has 152 valence electrons. The minimum absolute atomic E-state index is 0. The van der Waals surface area contributed by atoms with Gasteiger partial charge in [0.05, 0.1) is 0 Å². The summed E-state index contributed by atoms with van der Waals surface area (Å²) >= 11 is 0. The number of unbranched alkanes of at least 4 members (excludes halogenated alkanes) is 1. The zero-order valence-corrected chi connectivity index (χ0v) is 18.5. The Hall–Kier alpha value is -1.16. The summed E-state index contributed by atoms with van der Waals surface area (Å²) in [6.07, 6.45) is 7.67. The second-order valence-electron chi connectivity index (χ2n) is 7.14. The van der Waals surface area contributed by atoms with Gasteiger partial charge in [-0.15, -0.1) is 24.0 Å². The molecule has 1 aromatic heterocycles. The molecule has 0 radical (unpaired) electrons. The fourth-order valence-electron chi connectivity index (χ4n) is 3.74. The lowest BCUT2D eigenvalue weighted by Gasteiger charge is -2.20. The zero-order valence-electron chi connectivity index (χ0n) is 16.2. The number of halogens is 2. The molecule has 3 heterocycles. The normalized spacial score (nSPS) is 20.6. The van der Waals surface area contributed by atoms with Gasteiger partial charge in [-0.25, -0.2) is 9.37 Å². The average Bonchev–Trinajstić information content (AvgIpc) is 3.33. The van der Waals surface area contributed by atoms with Crippen LogP contribution in [0.5, 0.6) is 0 Å². The van der Waals surface area contributed by atoms with Crippen LogP contribution in [0.3, 0.4) is 0 Å². The van der Waals surface area contributed by atoms with Gasteiger partial charge in [0.15, 0.2) is 17.6 Å². The van der Waals surface area contributed by atoms with Crippen molar-refractivity contribution >= 4 is 35.8 Å². The summed E-state index contributed by atoms with van der Waals surface area (Å²) in [7, 11) is 1.80. The first-order valence-electron chi connectivity index (χ1n) is 9.81. The molecule has 2 N–H and O–H groups in total. The largest absolute Gasteiger partial charge is 0.356 e. The van der Waals surface area contributed by atoms with Crippen LogP contribution in [0.4, 0.5) is 10.2 Å². The number of hydrogen-bond donors (Lipinski definition) is 2. The molecule has 0 aromatic carbocycles. The molecular formula is C19H32FIN6. The van der Waals surface area contributed by atoms with Crippen molar-refractivity contribution in [1.29, 1.82) is 0 Å². The summed E-state index contributed by atoms with van der Waals surface area (Å²) in [4.78, 5) is 13.0. The molecule has 0 saturated carbocycles. The quantitative estimate of drug-likeness (QED) is 0.266. The second kappa shape index (κ2) is 11.6. The smallest absolute Gasteiger partial charge is 0.191 e. The lowest BCUT2D eigenvalue weighted by molar-refractivity contribution is 0.330. The highest BCUT2D eigenvalue weighted by molar-refractivity contribution is 14.0. The van der Waals surface area contributed by atoms with Crippen molar-refractivity contribution in [2.45, 2.75) is 38.1 Å². The van der Waals surface area contributed by atoms with Crippen LogP contribution in [0.25, 0.3) is 0 Å². The van der Waals surface area contributed by atoms with E-state index in [0.29, 0.717) is 5.82 Å². The third-order valence-electron chi connectivity index (χ3n) is 5.18. The Labute approximate surface area is 179 Å². The van der Waals surface area contributed by atoms with Crippen molar-refractivity contribution in [3.8, 4) is 0 Å². The number of nitrogens with zero attached hydrogens (tertiary/aromatic N) is 4. The van der Waals surface area contributed by atoms with Gasteiger partial charge >= 0.3 is 0 Å². The fourth-order valence-corrected chi connectivity index (χ4v) is 3.74. The number of aliphatic imine (C=N–C) groups is 1. The molecule has 1 aromatic rings. The topological polar surface area (TPSA) is 55.8 Å². The first-order valence-corrected chi connectivity index (χ1v) is 9.81. The monoisotopic (exact) mass is 490 g/mol. The van der Waals surface area contributed by atoms with Gasteiger partial charge < -0.3 is 20.4 Å². The SMILES string of the molecule is CN=C(NCCCCN1CCCC1)NC1CCN(c2ncccc2F)C1.I. The standard InChI is InChI=1S/C19H31FN6.HI/c1-21-19(23-9-2-3-11-25-12-4-5-13-25)24-16-8-14-26(15-16)18-17(20)7-6-10-22-18;/h6-7,10,16H,2-5,8-9,11-15H2,1H3,(H2,21,23,24);1H. The van der Waals surface area contributed by atoms with Crippen molar-refractivity contribution in [3.63, 3.8) is 0 Å². The molecule has 0 aliphatic carbocycles. The van der Waals surface area contributed by atoms with E-state index in [1.807, 2.05) is 4.90 Å². The fraction of sp³-hybridized carbons (Fsp3) is 0.684. The molecule has 0 spiro atoms. The summed E-state index contributed by atoms with van der Waals surface area (Å²) < 4.78 is 13.9. The predicted molar refractivity (Wildman–Crippen MR) is 120 cm³/mol. The molecular weight excluding hydrogens is 458 g/mol. The van der Waals surface area contributed by atoms with Crippen molar-refractivity contribution in [2.75, 3.05) is 51.2 Å². The lowest BCUT2D eigenvalue weighted by Crippen LogP contribution is -2.45. The van der Waals surface area contributed by atoms with Gasteiger partial charge in [-0.3, -0.25) is 4.99 Å². The van der Waals surface area contributed by atoms with Crippen LogP contribution < -0.4 is 15.5 Å². The van der Waals surface area contributed by atoms with Crippen LogP contribution in [0.2, 0.25) is 0 Å². The molecule has 8 heteroatoms. The van der Waals surface area contributed by atoms with E-state index >= 15 is 0 Å². The molecule has 27 heavy (non-hydrogen) atoms. The minimum Gasteiger partial charge on any atom is -0.356 e. The van der Waals surface area contributed by atoms with E-state index in [1.54, 1.807) is 19.3 Å². The van der Waals surface area contributed by atoms with Crippen LogP contribution in [-0.4, -0.2) is 68.2 Å². The number of rotatable bonds is 7. The summed E-state index contributed by atoms with van der Waals surface area (Å²) in [6.45, 7) is 6.22. The Morgan fingerprint density at radius 2 is 2.11 bits per heavy atom. The Bertz CT molecular complexity index is 593. The maximum atomic E-state index is 13.9. The summed E-state index contributed by atoms with van der Waals surface area (Å²) in [5.74, 6) is 1.02. The maximum Gasteiger partial charge on any atom is 0.191 e. The van der Waals surface area contributed by atoms with E-state index < -0.39 is 0 Å². The Kier molecular flexibility index (Phi) is 9.53. The Morgan fingerprint density at radius 3 is 2.85 bits per heavy atom. The third kappa shape index (κ3) is 6.74. The van der Waals surface area contributed by atoms with E-state index in [0.717, 1.165) is 38.4 Å². The number of likely N-dealkylation sites (tertiary alicyclic amines) is 1. The molecule has 6 nitrogen and oxygen atoms in total. The number of pyridine rings is 1. The van der Waals surface area contributed by atoms with Crippen LogP contribution in [0, 0.1) is 5.82 Å². The highest BCUT2D eigenvalue weighted by Gasteiger charge is 2.25. The summed E-state index contributed by atoms with van der Waals surface area (Å²) in [6, 6.07) is 3.35. The molecule has 2 saturated heterocycles. The first kappa shape index (κ1) is 22.1. The molecule has 0 amide bonds. The Morgan fingerprint density at radius 1 is 1.30 bits per heavy atom. The van der Waals surface area contributed by atoms with Crippen LogP contribution in [0.1, 0.15) is 32.1 Å². The third-order valence-corrected chi connectivity index (χ3v) is 5.18. The predicted octanol–water partition coefficient (Wildman–Crippen LogP) is 2.46. The molecule has 2 aliphatic heterocycles. The molecule has 3 rings (SSSR count).